The van der Waals surface area contributed by atoms with Crippen LogP contribution in [0.1, 0.15) is 0 Å². The van der Waals surface area contributed by atoms with Gasteiger partial charge in [-0.3, -0.25) is 10.1 Å². The molecule has 0 N–H and O–H groups in total. The molecule has 81 valence electrons. The Morgan fingerprint density at radius 1 is 1.53 bits per heavy atom. The zero-order valence-corrected chi connectivity index (χ0v) is 7.25. The average Bonchev–Trinajstić information content (AvgIpc) is 2.14. The first-order valence-electron chi connectivity index (χ1n) is 3.75. The summed E-state index contributed by atoms with van der Waals surface area (Å²) in [6.07, 6.45) is -4.52. The minimum absolute atomic E-state index is 0.445. The van der Waals surface area contributed by atoms with Gasteiger partial charge in [-0.2, -0.15) is 13.2 Å². The molecule has 0 saturated heterocycles. The predicted molar refractivity (Wildman–Crippen MR) is 43.5 cm³/mol. The number of rotatable bonds is 3. The summed E-state index contributed by atoms with van der Waals surface area (Å²) in [6.45, 7) is -1.56. The molecule has 1 aromatic carbocycles. The van der Waals surface area contributed by atoms with Crippen molar-refractivity contribution in [2.24, 2.45) is 0 Å². The summed E-state index contributed by atoms with van der Waals surface area (Å²) < 4.78 is 39.6. The van der Waals surface area contributed by atoms with Crippen molar-refractivity contribution in [2.45, 2.75) is 6.18 Å². The lowest BCUT2D eigenvalue weighted by Crippen LogP contribution is -2.19. The topological polar surface area (TPSA) is 52.4 Å². The number of nitro groups is 1. The third-order valence-corrected chi connectivity index (χ3v) is 1.37. The number of ether oxygens (including phenoxy) is 1. The van der Waals surface area contributed by atoms with Crippen LogP contribution >= 0.6 is 0 Å². The quantitative estimate of drug-likeness (QED) is 0.580. The third kappa shape index (κ3) is 3.45. The molecule has 7 heteroatoms. The van der Waals surface area contributed by atoms with Crippen LogP contribution in [-0.2, 0) is 0 Å². The van der Waals surface area contributed by atoms with Crippen molar-refractivity contribution in [2.75, 3.05) is 6.61 Å². The van der Waals surface area contributed by atoms with E-state index in [-0.39, 0.29) is 0 Å². The molecule has 0 atom stereocenters. The number of alkyl halides is 3. The molecule has 0 amide bonds. The lowest BCUT2D eigenvalue weighted by Gasteiger charge is -2.08. The molecule has 4 nitrogen and oxygen atoms in total. The number of benzene rings is 1. The zero-order chi connectivity index (χ0) is 11.5. The van der Waals surface area contributed by atoms with Gasteiger partial charge < -0.3 is 4.74 Å². The summed E-state index contributed by atoms with van der Waals surface area (Å²) in [5.41, 5.74) is -0.609. The van der Waals surface area contributed by atoms with Crippen LogP contribution in [0, 0.1) is 16.2 Å². The molecule has 1 aromatic rings. The second-order valence-corrected chi connectivity index (χ2v) is 2.54. The lowest BCUT2D eigenvalue weighted by molar-refractivity contribution is -0.386. The van der Waals surface area contributed by atoms with E-state index < -0.39 is 29.1 Å². The molecule has 0 aromatic heterocycles. The van der Waals surface area contributed by atoms with Crippen molar-refractivity contribution < 1.29 is 22.8 Å². The highest BCUT2D eigenvalue weighted by Crippen LogP contribution is 2.27. The fraction of sp³-hybridized carbons (Fsp3) is 0.250. The second-order valence-electron chi connectivity index (χ2n) is 2.54. The van der Waals surface area contributed by atoms with Gasteiger partial charge >= 0.3 is 11.9 Å². The van der Waals surface area contributed by atoms with E-state index in [0.29, 0.717) is 0 Å². The second kappa shape index (κ2) is 4.16. The van der Waals surface area contributed by atoms with Gasteiger partial charge in [-0.25, -0.2) is 0 Å². The third-order valence-electron chi connectivity index (χ3n) is 1.37. The van der Waals surface area contributed by atoms with Crippen LogP contribution in [0.2, 0.25) is 0 Å². The van der Waals surface area contributed by atoms with Crippen LogP contribution < -0.4 is 4.74 Å². The number of halogens is 3. The largest absolute Gasteiger partial charge is 0.477 e. The van der Waals surface area contributed by atoms with E-state index in [4.69, 9.17) is 0 Å². The fourth-order valence-corrected chi connectivity index (χ4v) is 0.831. The molecule has 0 aliphatic rings. The molecule has 0 spiro atoms. The monoisotopic (exact) mass is 220 g/mol. The number of nitrogens with zero attached hydrogens (tertiary/aromatic N) is 1. The van der Waals surface area contributed by atoms with Gasteiger partial charge in [0.2, 0.25) is 0 Å². The van der Waals surface area contributed by atoms with Crippen LogP contribution in [0.25, 0.3) is 0 Å². The predicted octanol–water partition coefficient (Wildman–Crippen LogP) is 2.34. The van der Waals surface area contributed by atoms with Crippen molar-refractivity contribution in [3.8, 4) is 5.75 Å². The highest BCUT2D eigenvalue weighted by Gasteiger charge is 2.29. The number of hydrogen-bond acceptors (Lipinski definition) is 3. The van der Waals surface area contributed by atoms with Gasteiger partial charge in [0.05, 0.1) is 11.0 Å². The highest BCUT2D eigenvalue weighted by molar-refractivity contribution is 5.44. The van der Waals surface area contributed by atoms with E-state index in [0.717, 1.165) is 6.07 Å². The van der Waals surface area contributed by atoms with Crippen molar-refractivity contribution >= 4 is 5.69 Å². The molecule has 1 rings (SSSR count). The van der Waals surface area contributed by atoms with E-state index >= 15 is 0 Å². The molecular weight excluding hydrogens is 215 g/mol. The number of para-hydroxylation sites is 1. The standard InChI is InChI=1S/C8H5F3NO3/c9-8(10,11)5-15-7-4-2-1-3-6(7)12(13)14/h1-2,4H,5H2. The van der Waals surface area contributed by atoms with E-state index in [9.17, 15) is 23.3 Å². The van der Waals surface area contributed by atoms with Crippen molar-refractivity contribution in [3.05, 3.63) is 34.4 Å². The van der Waals surface area contributed by atoms with Crippen molar-refractivity contribution in [1.29, 1.82) is 0 Å². The van der Waals surface area contributed by atoms with Crippen LogP contribution in [0.15, 0.2) is 18.2 Å². The number of nitro benzene ring substituents is 1. The highest BCUT2D eigenvalue weighted by atomic mass is 19.4. The summed E-state index contributed by atoms with van der Waals surface area (Å²) in [4.78, 5) is 9.50. The Bertz CT molecular complexity index is 364. The van der Waals surface area contributed by atoms with Gasteiger partial charge in [-0.15, -0.1) is 0 Å². The van der Waals surface area contributed by atoms with Gasteiger partial charge in [0.1, 0.15) is 0 Å². The summed E-state index contributed by atoms with van der Waals surface area (Å²) in [7, 11) is 0. The van der Waals surface area contributed by atoms with Gasteiger partial charge in [0.15, 0.2) is 12.4 Å². The molecule has 0 unspecified atom stereocenters. The Hall–Kier alpha value is -1.79. The summed E-state index contributed by atoms with van der Waals surface area (Å²) in [5, 5.41) is 10.4. The van der Waals surface area contributed by atoms with Crippen molar-refractivity contribution in [3.63, 3.8) is 0 Å². The summed E-state index contributed by atoms with van der Waals surface area (Å²) in [6, 6.07) is 5.79. The Labute approximate surface area is 82.4 Å². The Morgan fingerprint density at radius 2 is 2.20 bits per heavy atom. The molecule has 0 aliphatic heterocycles. The normalized spacial score (nSPS) is 11.1. The van der Waals surface area contributed by atoms with Gasteiger partial charge in [-0.05, 0) is 12.1 Å². The van der Waals surface area contributed by atoms with Crippen molar-refractivity contribution in [1.82, 2.24) is 0 Å². The van der Waals surface area contributed by atoms with Crippen LogP contribution in [0.3, 0.4) is 0 Å². The van der Waals surface area contributed by atoms with E-state index in [1.807, 2.05) is 0 Å². The minimum atomic E-state index is -4.52. The molecule has 15 heavy (non-hydrogen) atoms. The molecular formula is C8H5F3NO3. The fourth-order valence-electron chi connectivity index (χ4n) is 0.831. The zero-order valence-electron chi connectivity index (χ0n) is 7.25. The Morgan fingerprint density at radius 3 is 2.73 bits per heavy atom. The first-order chi connectivity index (χ1) is 6.90. The first-order valence-corrected chi connectivity index (χ1v) is 3.75. The molecule has 0 aliphatic carbocycles. The van der Waals surface area contributed by atoms with E-state index in [2.05, 4.69) is 10.8 Å². The van der Waals surface area contributed by atoms with E-state index in [1.165, 1.54) is 12.1 Å². The SMILES string of the molecule is O=[N+]([O-])c1[c]cccc1OCC(F)(F)F. The maximum atomic E-state index is 11.8. The van der Waals surface area contributed by atoms with Gasteiger partial charge in [0.25, 0.3) is 0 Å². The van der Waals surface area contributed by atoms with Crippen LogP contribution in [0.4, 0.5) is 18.9 Å². The maximum absolute atomic E-state index is 11.8. The lowest BCUT2D eigenvalue weighted by atomic mass is 10.3. The Kier molecular flexibility index (Phi) is 3.13. The maximum Gasteiger partial charge on any atom is 0.422 e. The first kappa shape index (κ1) is 11.3. The summed E-state index contributed by atoms with van der Waals surface area (Å²) in [5.74, 6) is -0.445. The summed E-state index contributed by atoms with van der Waals surface area (Å²) >= 11 is 0. The minimum Gasteiger partial charge on any atom is -0.477 e. The molecule has 0 fully saturated rings. The molecule has 0 saturated carbocycles. The molecule has 0 bridgehead atoms. The van der Waals surface area contributed by atoms with Gasteiger partial charge in [-0.1, -0.05) is 6.07 Å². The average molecular weight is 220 g/mol. The smallest absolute Gasteiger partial charge is 0.422 e. The van der Waals surface area contributed by atoms with Gasteiger partial charge in [0, 0.05) is 0 Å². The van der Waals surface area contributed by atoms with Crippen LogP contribution in [0.5, 0.6) is 5.75 Å². The Balaban J connectivity index is 2.81. The molecule has 0 heterocycles. The van der Waals surface area contributed by atoms with Crippen LogP contribution in [-0.4, -0.2) is 17.7 Å². The molecule has 1 radical (unpaired) electrons. The number of hydrogen-bond donors (Lipinski definition) is 0. The van der Waals surface area contributed by atoms with E-state index in [1.54, 1.807) is 0 Å².